The Labute approximate surface area is 203 Å². The van der Waals surface area contributed by atoms with Gasteiger partial charge in [0.1, 0.15) is 11.9 Å². The van der Waals surface area contributed by atoms with Crippen LogP contribution in [0.5, 0.6) is 0 Å². The minimum absolute atomic E-state index is 0.0293. The summed E-state index contributed by atoms with van der Waals surface area (Å²) in [4.78, 5) is 8.58. The maximum atomic E-state index is 15.5. The second kappa shape index (κ2) is 9.43. The van der Waals surface area contributed by atoms with Gasteiger partial charge >= 0.3 is 0 Å². The Bertz CT molecular complexity index is 1470. The molecule has 0 radical (unpaired) electrons. The van der Waals surface area contributed by atoms with Crippen LogP contribution in [0.1, 0.15) is 23.7 Å². The summed E-state index contributed by atoms with van der Waals surface area (Å²) in [5, 5.41) is 20.5. The standard InChI is InChI=1S/C28H25FN6/c1-17-12-21(7-10-31-17)27-22(15-30)14-23(18(2)35-27)16-34-28-26(29)24(8-11-33-28)19-5-6-25-20(13-19)4-3-9-32-25/h3-10,12-14,18,33-35H,11,16H2,1-2H3. The summed E-state index contributed by atoms with van der Waals surface area (Å²) in [6.07, 6.45) is 7.22. The minimum Gasteiger partial charge on any atom is -0.377 e. The first kappa shape index (κ1) is 22.4. The van der Waals surface area contributed by atoms with Gasteiger partial charge in [0.05, 0.1) is 16.8 Å². The number of aryl methyl sites for hydroxylation is 1. The SMILES string of the molecule is Cc1cc(C2=C(C#N)C=C(CNC3=C(F)C(c4ccc5ncccc5c4)=CCN3)C(C)N2)ccn1. The summed E-state index contributed by atoms with van der Waals surface area (Å²) in [6.45, 7) is 4.86. The lowest BCUT2D eigenvalue weighted by atomic mass is 9.96. The molecule has 174 valence electrons. The quantitative estimate of drug-likeness (QED) is 0.515. The molecule has 0 fully saturated rings. The highest BCUT2D eigenvalue weighted by Gasteiger charge is 2.22. The third-order valence-electron chi connectivity index (χ3n) is 6.25. The lowest BCUT2D eigenvalue weighted by Crippen LogP contribution is -2.37. The molecule has 2 aliphatic rings. The predicted octanol–water partition coefficient (Wildman–Crippen LogP) is 4.51. The van der Waals surface area contributed by atoms with E-state index in [4.69, 9.17) is 0 Å². The average Bonchev–Trinajstić information content (AvgIpc) is 2.88. The number of benzene rings is 1. The number of nitriles is 1. The smallest absolute Gasteiger partial charge is 0.170 e. The van der Waals surface area contributed by atoms with E-state index in [0.29, 0.717) is 30.1 Å². The number of halogens is 1. The molecule has 1 atom stereocenters. The van der Waals surface area contributed by atoms with Gasteiger partial charge in [0, 0.05) is 53.7 Å². The molecular weight excluding hydrogens is 439 g/mol. The van der Waals surface area contributed by atoms with E-state index in [-0.39, 0.29) is 11.9 Å². The van der Waals surface area contributed by atoms with Crippen molar-refractivity contribution in [2.45, 2.75) is 19.9 Å². The molecule has 0 spiro atoms. The molecular formula is C28H25FN6. The molecule has 6 nitrogen and oxygen atoms in total. The molecule has 5 rings (SSSR count). The van der Waals surface area contributed by atoms with E-state index >= 15 is 4.39 Å². The van der Waals surface area contributed by atoms with Crippen LogP contribution < -0.4 is 16.0 Å². The third kappa shape index (κ3) is 4.51. The Morgan fingerprint density at radius 3 is 2.86 bits per heavy atom. The van der Waals surface area contributed by atoms with E-state index in [1.807, 2.05) is 68.5 Å². The van der Waals surface area contributed by atoms with Gasteiger partial charge in [-0.05, 0) is 61.4 Å². The highest BCUT2D eigenvalue weighted by molar-refractivity contribution is 5.87. The third-order valence-corrected chi connectivity index (χ3v) is 6.25. The number of dihydropyridines is 2. The molecule has 0 saturated heterocycles. The van der Waals surface area contributed by atoms with Gasteiger partial charge in [-0.25, -0.2) is 4.39 Å². The fourth-order valence-corrected chi connectivity index (χ4v) is 4.38. The first-order valence-electron chi connectivity index (χ1n) is 11.5. The fraction of sp³-hybridized carbons (Fsp3) is 0.179. The summed E-state index contributed by atoms with van der Waals surface area (Å²) >= 11 is 0. The molecule has 3 N–H and O–H groups in total. The first-order valence-corrected chi connectivity index (χ1v) is 11.5. The predicted molar refractivity (Wildman–Crippen MR) is 136 cm³/mol. The van der Waals surface area contributed by atoms with Crippen LogP contribution in [0.25, 0.3) is 22.2 Å². The molecule has 1 unspecified atom stereocenters. The van der Waals surface area contributed by atoms with Crippen LogP contribution in [0.3, 0.4) is 0 Å². The zero-order valence-electron chi connectivity index (χ0n) is 19.6. The van der Waals surface area contributed by atoms with Crippen molar-refractivity contribution in [3.8, 4) is 6.07 Å². The van der Waals surface area contributed by atoms with Crippen LogP contribution in [-0.4, -0.2) is 29.1 Å². The lowest BCUT2D eigenvalue weighted by molar-refractivity contribution is 0.591. The number of fused-ring (bicyclic) bond motifs is 1. The van der Waals surface area contributed by atoms with Gasteiger partial charge in [-0.2, -0.15) is 5.26 Å². The fourth-order valence-electron chi connectivity index (χ4n) is 4.38. The molecule has 3 aromatic rings. The van der Waals surface area contributed by atoms with E-state index in [1.165, 1.54) is 0 Å². The van der Waals surface area contributed by atoms with Gasteiger partial charge in [0.25, 0.3) is 0 Å². The molecule has 35 heavy (non-hydrogen) atoms. The number of aromatic nitrogens is 2. The Hall–Kier alpha value is -4.44. The van der Waals surface area contributed by atoms with Crippen LogP contribution in [0.2, 0.25) is 0 Å². The Morgan fingerprint density at radius 1 is 1.14 bits per heavy atom. The van der Waals surface area contributed by atoms with Crippen LogP contribution in [0.15, 0.2) is 89.8 Å². The van der Waals surface area contributed by atoms with Gasteiger partial charge in [-0.15, -0.1) is 0 Å². The summed E-state index contributed by atoms with van der Waals surface area (Å²) in [6, 6.07) is 15.7. The van der Waals surface area contributed by atoms with Gasteiger partial charge in [-0.3, -0.25) is 9.97 Å². The van der Waals surface area contributed by atoms with Crippen molar-refractivity contribution >= 4 is 22.2 Å². The number of hydrogen-bond donors (Lipinski definition) is 3. The first-order chi connectivity index (χ1) is 17.0. The number of hydrogen-bond acceptors (Lipinski definition) is 6. The summed E-state index contributed by atoms with van der Waals surface area (Å²) in [5.74, 6) is 0.0143. The van der Waals surface area contributed by atoms with E-state index in [2.05, 4.69) is 32.0 Å². The van der Waals surface area contributed by atoms with Gasteiger partial charge in [0.2, 0.25) is 0 Å². The highest BCUT2D eigenvalue weighted by atomic mass is 19.1. The topological polar surface area (TPSA) is 85.7 Å². The van der Waals surface area contributed by atoms with Gasteiger partial charge in [-0.1, -0.05) is 18.2 Å². The maximum Gasteiger partial charge on any atom is 0.170 e. The van der Waals surface area contributed by atoms with E-state index < -0.39 is 0 Å². The number of rotatable bonds is 5. The highest BCUT2D eigenvalue weighted by Crippen LogP contribution is 2.30. The molecule has 2 aliphatic heterocycles. The normalized spacial score (nSPS) is 17.8. The summed E-state index contributed by atoms with van der Waals surface area (Å²) in [5.41, 5.74) is 6.33. The van der Waals surface area contributed by atoms with Crippen LogP contribution in [-0.2, 0) is 0 Å². The van der Waals surface area contributed by atoms with E-state index in [9.17, 15) is 5.26 Å². The summed E-state index contributed by atoms with van der Waals surface area (Å²) in [7, 11) is 0. The van der Waals surface area contributed by atoms with Gasteiger partial charge in [0.15, 0.2) is 5.83 Å². The van der Waals surface area contributed by atoms with Crippen molar-refractivity contribution in [3.63, 3.8) is 0 Å². The van der Waals surface area contributed by atoms with Crippen LogP contribution >= 0.6 is 0 Å². The van der Waals surface area contributed by atoms with Gasteiger partial charge < -0.3 is 16.0 Å². The van der Waals surface area contributed by atoms with Crippen molar-refractivity contribution in [1.82, 2.24) is 25.9 Å². The van der Waals surface area contributed by atoms with E-state index in [1.54, 1.807) is 12.4 Å². The molecule has 4 heterocycles. The molecule has 0 bridgehead atoms. The summed E-state index contributed by atoms with van der Waals surface area (Å²) < 4.78 is 15.5. The Morgan fingerprint density at radius 2 is 2.03 bits per heavy atom. The second-order valence-corrected chi connectivity index (χ2v) is 8.62. The van der Waals surface area contributed by atoms with Crippen molar-refractivity contribution in [3.05, 3.63) is 107 Å². The van der Waals surface area contributed by atoms with Crippen LogP contribution in [0, 0.1) is 18.3 Å². The number of nitrogens with one attached hydrogen (secondary N) is 3. The number of allylic oxidation sites excluding steroid dienone is 4. The molecule has 2 aromatic heterocycles. The molecule has 0 aliphatic carbocycles. The largest absolute Gasteiger partial charge is 0.377 e. The second-order valence-electron chi connectivity index (χ2n) is 8.62. The van der Waals surface area contributed by atoms with Crippen molar-refractivity contribution in [2.75, 3.05) is 13.1 Å². The maximum absolute atomic E-state index is 15.5. The zero-order valence-corrected chi connectivity index (χ0v) is 19.6. The lowest BCUT2D eigenvalue weighted by Gasteiger charge is -2.28. The molecule has 0 saturated carbocycles. The minimum atomic E-state index is -0.333. The van der Waals surface area contributed by atoms with Crippen LogP contribution in [0.4, 0.5) is 4.39 Å². The van der Waals surface area contributed by atoms with E-state index in [0.717, 1.165) is 39.0 Å². The Balaban J connectivity index is 1.38. The molecule has 7 heteroatoms. The molecule has 0 amide bonds. The monoisotopic (exact) mass is 464 g/mol. The average molecular weight is 465 g/mol. The Kier molecular flexibility index (Phi) is 6.02. The molecule has 1 aromatic carbocycles. The van der Waals surface area contributed by atoms with Crippen molar-refractivity contribution in [2.24, 2.45) is 0 Å². The van der Waals surface area contributed by atoms with Crippen molar-refractivity contribution < 1.29 is 4.39 Å². The van der Waals surface area contributed by atoms with Crippen molar-refractivity contribution in [1.29, 1.82) is 5.26 Å². The zero-order chi connectivity index (χ0) is 24.4. The number of nitrogens with zero attached hydrogens (tertiary/aromatic N) is 3. The number of pyridine rings is 2.